The van der Waals surface area contributed by atoms with E-state index in [0.717, 1.165) is 0 Å². The van der Waals surface area contributed by atoms with Crippen molar-refractivity contribution >= 4 is 23.3 Å². The predicted octanol–water partition coefficient (Wildman–Crippen LogP) is 3.71. The monoisotopic (exact) mass is 374 g/mol. The lowest BCUT2D eigenvalue weighted by Crippen LogP contribution is -2.62. The molecule has 0 radical (unpaired) electrons. The predicted molar refractivity (Wildman–Crippen MR) is 106 cm³/mol. The zero-order valence-electron chi connectivity index (χ0n) is 15.1. The van der Waals surface area contributed by atoms with Gasteiger partial charge < -0.3 is 15.2 Å². The van der Waals surface area contributed by atoms with Crippen LogP contribution in [0.4, 0.5) is 11.4 Å². The Kier molecular flexibility index (Phi) is 4.24. The van der Waals surface area contributed by atoms with Gasteiger partial charge in [-0.05, 0) is 24.3 Å². The molecule has 0 spiro atoms. The van der Waals surface area contributed by atoms with Gasteiger partial charge in [0.1, 0.15) is 5.75 Å². The number of carbonyl (C=O) groups excluding carboxylic acids is 1. The molecule has 6 nitrogen and oxygen atoms in total. The molecule has 1 heterocycles. The molecule has 2 N–H and O–H groups in total. The first kappa shape index (κ1) is 17.6. The fourth-order valence-electron chi connectivity index (χ4n) is 3.56. The van der Waals surface area contributed by atoms with E-state index in [1.54, 1.807) is 78.9 Å². The number of carboxylic acids is 1. The summed E-state index contributed by atoms with van der Waals surface area (Å²) >= 11 is 0. The van der Waals surface area contributed by atoms with Crippen LogP contribution in [0.15, 0.2) is 78.9 Å². The van der Waals surface area contributed by atoms with Gasteiger partial charge in [-0.25, -0.2) is 4.79 Å². The van der Waals surface area contributed by atoms with Gasteiger partial charge in [0.25, 0.3) is 5.91 Å². The van der Waals surface area contributed by atoms with Crippen LogP contribution in [-0.4, -0.2) is 24.1 Å². The van der Waals surface area contributed by atoms with Crippen molar-refractivity contribution in [3.63, 3.8) is 0 Å². The maximum atomic E-state index is 13.5. The molecule has 3 aromatic rings. The number of fused-ring (bicyclic) bond motifs is 1. The number of ether oxygens (including phenoxy) is 1. The van der Waals surface area contributed by atoms with Crippen LogP contribution in [0.3, 0.4) is 0 Å². The Morgan fingerprint density at radius 3 is 2.32 bits per heavy atom. The van der Waals surface area contributed by atoms with Crippen molar-refractivity contribution in [1.29, 1.82) is 0 Å². The van der Waals surface area contributed by atoms with E-state index >= 15 is 0 Å². The molecule has 4 rings (SSSR count). The van der Waals surface area contributed by atoms with Gasteiger partial charge in [-0.1, -0.05) is 54.6 Å². The second-order valence-corrected chi connectivity index (χ2v) is 6.36. The first-order valence-corrected chi connectivity index (χ1v) is 8.73. The quantitative estimate of drug-likeness (QED) is 0.728. The van der Waals surface area contributed by atoms with E-state index in [1.165, 1.54) is 12.0 Å². The van der Waals surface area contributed by atoms with Crippen LogP contribution in [0.5, 0.6) is 5.75 Å². The summed E-state index contributed by atoms with van der Waals surface area (Å²) in [7, 11) is 1.49. The summed E-state index contributed by atoms with van der Waals surface area (Å²) in [5.41, 5.74) is -0.188. The maximum absolute atomic E-state index is 13.5. The summed E-state index contributed by atoms with van der Waals surface area (Å²) in [6.07, 6.45) is 0. The number of carbonyl (C=O) groups is 2. The minimum Gasteiger partial charge on any atom is -0.495 e. The molecular weight excluding hydrogens is 356 g/mol. The highest BCUT2D eigenvalue weighted by molar-refractivity contribution is 6.17. The number of hydrogen-bond acceptors (Lipinski definition) is 4. The van der Waals surface area contributed by atoms with Crippen LogP contribution >= 0.6 is 0 Å². The van der Waals surface area contributed by atoms with Crippen LogP contribution in [-0.2, 0) is 10.5 Å². The van der Waals surface area contributed by atoms with Crippen LogP contribution in [0.1, 0.15) is 15.9 Å². The maximum Gasteiger partial charge on any atom is 0.356 e. The molecule has 1 aliphatic rings. The van der Waals surface area contributed by atoms with E-state index in [-0.39, 0.29) is 0 Å². The lowest BCUT2D eigenvalue weighted by atomic mass is 9.91. The number of amides is 1. The molecule has 0 saturated heterocycles. The zero-order valence-corrected chi connectivity index (χ0v) is 15.1. The van der Waals surface area contributed by atoms with Crippen molar-refractivity contribution in [2.45, 2.75) is 5.66 Å². The molecule has 0 aliphatic carbocycles. The van der Waals surface area contributed by atoms with Crippen molar-refractivity contribution in [3.05, 3.63) is 90.0 Å². The van der Waals surface area contributed by atoms with E-state index in [4.69, 9.17) is 4.74 Å². The summed E-state index contributed by atoms with van der Waals surface area (Å²) in [5.74, 6) is -1.23. The third-order valence-electron chi connectivity index (χ3n) is 4.84. The largest absolute Gasteiger partial charge is 0.495 e. The summed E-state index contributed by atoms with van der Waals surface area (Å²) in [6, 6.07) is 22.4. The Bertz CT molecular complexity index is 1050. The minimum absolute atomic E-state index is 0.364. The minimum atomic E-state index is -1.83. The van der Waals surface area contributed by atoms with Crippen molar-refractivity contribution < 1.29 is 19.4 Å². The molecule has 0 bridgehead atoms. The average Bonchev–Trinajstić information content (AvgIpc) is 2.74. The number of nitrogens with zero attached hydrogens (tertiary/aromatic N) is 1. The standard InChI is InChI=1S/C22H18N2O4/c1-28-19-14-8-7-13-18(19)24-20(25)16-11-5-6-12-17(16)23-22(24,21(26)27)15-9-3-2-4-10-15/h2-14,23H,1H3,(H,26,27)/t22-/m1/s1. The summed E-state index contributed by atoms with van der Waals surface area (Å²) in [6.45, 7) is 0. The number of hydrogen-bond donors (Lipinski definition) is 2. The van der Waals surface area contributed by atoms with E-state index < -0.39 is 17.5 Å². The molecule has 0 aromatic heterocycles. The van der Waals surface area contributed by atoms with Crippen LogP contribution in [0.2, 0.25) is 0 Å². The molecule has 1 atom stereocenters. The topological polar surface area (TPSA) is 78.9 Å². The van der Waals surface area contributed by atoms with Crippen molar-refractivity contribution in [3.8, 4) is 5.75 Å². The smallest absolute Gasteiger partial charge is 0.356 e. The highest BCUT2D eigenvalue weighted by Crippen LogP contribution is 2.44. The molecule has 140 valence electrons. The Balaban J connectivity index is 2.06. The van der Waals surface area contributed by atoms with Crippen molar-refractivity contribution in [1.82, 2.24) is 0 Å². The van der Waals surface area contributed by atoms with Crippen LogP contribution < -0.4 is 15.0 Å². The van der Waals surface area contributed by atoms with Gasteiger partial charge in [-0.3, -0.25) is 9.69 Å². The SMILES string of the molecule is COc1ccccc1N1C(=O)c2ccccc2N[C@]1(C(=O)O)c1ccccc1. The molecule has 28 heavy (non-hydrogen) atoms. The van der Waals surface area contributed by atoms with E-state index in [9.17, 15) is 14.7 Å². The lowest BCUT2D eigenvalue weighted by molar-refractivity contribution is -0.142. The van der Waals surface area contributed by atoms with E-state index in [1.807, 2.05) is 0 Å². The summed E-state index contributed by atoms with van der Waals surface area (Å²) in [5, 5.41) is 13.5. The third kappa shape index (κ3) is 2.50. The number of anilines is 2. The fraction of sp³-hybridized carbons (Fsp3) is 0.0909. The second-order valence-electron chi connectivity index (χ2n) is 6.36. The van der Waals surface area contributed by atoms with Gasteiger partial charge in [0.05, 0.1) is 18.4 Å². The van der Waals surface area contributed by atoms with Gasteiger partial charge in [0.15, 0.2) is 0 Å². The number of benzene rings is 3. The second kappa shape index (κ2) is 6.74. The van der Waals surface area contributed by atoms with Crippen LogP contribution in [0.25, 0.3) is 0 Å². The Hall–Kier alpha value is -3.80. The fourth-order valence-corrected chi connectivity index (χ4v) is 3.56. The van der Waals surface area contributed by atoms with Crippen LogP contribution in [0, 0.1) is 0 Å². The molecule has 0 saturated carbocycles. The van der Waals surface area contributed by atoms with Crippen molar-refractivity contribution in [2.75, 3.05) is 17.3 Å². The van der Waals surface area contributed by atoms with Gasteiger partial charge in [0.2, 0.25) is 5.66 Å². The summed E-state index contributed by atoms with van der Waals surface area (Å²) < 4.78 is 5.43. The highest BCUT2D eigenvalue weighted by atomic mass is 16.5. The number of aliphatic carboxylic acids is 1. The van der Waals surface area contributed by atoms with Gasteiger partial charge in [0, 0.05) is 11.3 Å². The molecule has 6 heteroatoms. The zero-order chi connectivity index (χ0) is 19.7. The molecule has 0 unspecified atom stereocenters. The lowest BCUT2D eigenvalue weighted by Gasteiger charge is -2.45. The first-order chi connectivity index (χ1) is 13.6. The highest BCUT2D eigenvalue weighted by Gasteiger charge is 2.53. The average molecular weight is 374 g/mol. The molecule has 3 aromatic carbocycles. The molecule has 1 amide bonds. The first-order valence-electron chi connectivity index (χ1n) is 8.73. The Morgan fingerprint density at radius 1 is 0.964 bits per heavy atom. The molecule has 0 fully saturated rings. The van der Waals surface area contributed by atoms with Gasteiger partial charge in [-0.2, -0.15) is 0 Å². The summed E-state index contributed by atoms with van der Waals surface area (Å²) in [4.78, 5) is 27.5. The number of carboxylic acid groups (broad SMARTS) is 1. The number of para-hydroxylation sites is 3. The van der Waals surface area contributed by atoms with Crippen molar-refractivity contribution in [2.24, 2.45) is 0 Å². The number of nitrogens with one attached hydrogen (secondary N) is 1. The van der Waals surface area contributed by atoms with Gasteiger partial charge in [-0.15, -0.1) is 0 Å². The molecular formula is C22H18N2O4. The van der Waals surface area contributed by atoms with Gasteiger partial charge >= 0.3 is 5.97 Å². The van der Waals surface area contributed by atoms with E-state index in [0.29, 0.717) is 28.3 Å². The Labute approximate surface area is 162 Å². The third-order valence-corrected chi connectivity index (χ3v) is 4.84. The Morgan fingerprint density at radius 2 is 1.61 bits per heavy atom. The normalized spacial score (nSPS) is 18.2. The number of methoxy groups -OCH3 is 1. The molecule has 1 aliphatic heterocycles. The number of rotatable bonds is 4. The van der Waals surface area contributed by atoms with E-state index in [2.05, 4.69) is 5.32 Å².